The zero-order valence-corrected chi connectivity index (χ0v) is 14.2. The van der Waals surface area contributed by atoms with Crippen molar-refractivity contribution in [2.75, 3.05) is 37.0 Å². The highest BCUT2D eigenvalue weighted by molar-refractivity contribution is 7.99. The molecule has 0 aliphatic heterocycles. The molecule has 114 valence electrons. The van der Waals surface area contributed by atoms with E-state index in [9.17, 15) is 4.79 Å². The summed E-state index contributed by atoms with van der Waals surface area (Å²) in [5.41, 5.74) is 5.84. The Morgan fingerprint density at radius 2 is 2.30 bits per heavy atom. The van der Waals surface area contributed by atoms with Crippen LogP contribution in [0.3, 0.4) is 0 Å². The number of anilines is 2. The second-order valence-electron chi connectivity index (χ2n) is 4.72. The summed E-state index contributed by atoms with van der Waals surface area (Å²) in [5.74, 6) is 0.202. The Morgan fingerprint density at radius 3 is 2.90 bits per heavy atom. The predicted octanol–water partition coefficient (Wildman–Crippen LogP) is 2.44. The van der Waals surface area contributed by atoms with Crippen molar-refractivity contribution < 1.29 is 4.79 Å². The Hall–Kier alpha value is -0.950. The number of hydrogen-bond acceptors (Lipinski definition) is 6. The van der Waals surface area contributed by atoms with E-state index in [1.54, 1.807) is 11.8 Å². The Labute approximate surface area is 129 Å². The monoisotopic (exact) mass is 316 g/mol. The van der Waals surface area contributed by atoms with Crippen LogP contribution in [0, 0.1) is 0 Å². The van der Waals surface area contributed by atoms with Gasteiger partial charge in [0.1, 0.15) is 10.7 Å². The van der Waals surface area contributed by atoms with E-state index in [-0.39, 0.29) is 5.91 Å². The topological polar surface area (TPSA) is 71.2 Å². The lowest BCUT2D eigenvalue weighted by molar-refractivity contribution is 0.0958. The molecule has 1 unspecified atom stereocenters. The van der Waals surface area contributed by atoms with Gasteiger partial charge in [0.2, 0.25) is 0 Å². The van der Waals surface area contributed by atoms with E-state index in [1.165, 1.54) is 11.3 Å². The summed E-state index contributed by atoms with van der Waals surface area (Å²) >= 11 is 3.15. The van der Waals surface area contributed by atoms with Crippen LogP contribution in [0.4, 0.5) is 10.9 Å². The standard InChI is InChI=1S/C13H24N4OS2/c1-5-8-17(3)13-16-11(14)10(20-13)12(18)15-7-6-9(2)19-4/h9H,5-8,14H2,1-4H3,(H,15,18). The van der Waals surface area contributed by atoms with Crippen LogP contribution in [-0.2, 0) is 0 Å². The lowest BCUT2D eigenvalue weighted by atomic mass is 10.3. The van der Waals surface area contributed by atoms with Gasteiger partial charge >= 0.3 is 0 Å². The number of hydrogen-bond donors (Lipinski definition) is 2. The summed E-state index contributed by atoms with van der Waals surface area (Å²) in [6.07, 6.45) is 4.06. The number of carbonyl (C=O) groups is 1. The van der Waals surface area contributed by atoms with Crippen molar-refractivity contribution in [3.8, 4) is 0 Å². The van der Waals surface area contributed by atoms with E-state index in [0.717, 1.165) is 24.5 Å². The number of amides is 1. The molecule has 7 heteroatoms. The number of nitrogens with zero attached hydrogens (tertiary/aromatic N) is 2. The summed E-state index contributed by atoms with van der Waals surface area (Å²) in [5, 5.41) is 4.25. The van der Waals surface area contributed by atoms with Crippen molar-refractivity contribution in [3.05, 3.63) is 4.88 Å². The number of aromatic nitrogens is 1. The number of nitrogens with one attached hydrogen (secondary N) is 1. The second kappa shape index (κ2) is 8.36. The lowest BCUT2D eigenvalue weighted by Gasteiger charge is -2.13. The van der Waals surface area contributed by atoms with Gasteiger partial charge < -0.3 is 16.0 Å². The van der Waals surface area contributed by atoms with Gasteiger partial charge in [0.15, 0.2) is 5.13 Å². The smallest absolute Gasteiger partial charge is 0.265 e. The molecule has 0 saturated carbocycles. The molecule has 0 bridgehead atoms. The minimum Gasteiger partial charge on any atom is -0.382 e. The molecule has 3 N–H and O–H groups in total. The first-order chi connectivity index (χ1) is 9.49. The van der Waals surface area contributed by atoms with Crippen LogP contribution in [0.15, 0.2) is 0 Å². The molecule has 0 radical (unpaired) electrons. The molecule has 1 heterocycles. The van der Waals surface area contributed by atoms with Gasteiger partial charge in [-0.3, -0.25) is 4.79 Å². The molecule has 1 rings (SSSR count). The molecule has 0 aromatic carbocycles. The maximum atomic E-state index is 12.1. The van der Waals surface area contributed by atoms with E-state index in [0.29, 0.717) is 22.5 Å². The summed E-state index contributed by atoms with van der Waals surface area (Å²) in [6.45, 7) is 5.82. The largest absolute Gasteiger partial charge is 0.382 e. The third-order valence-corrected chi connectivity index (χ3v) is 5.20. The van der Waals surface area contributed by atoms with Crippen LogP contribution in [0.2, 0.25) is 0 Å². The third-order valence-electron chi connectivity index (χ3n) is 2.97. The molecule has 20 heavy (non-hydrogen) atoms. The maximum Gasteiger partial charge on any atom is 0.265 e. The first-order valence-corrected chi connectivity index (χ1v) is 8.88. The van der Waals surface area contributed by atoms with Crippen molar-refractivity contribution >= 4 is 40.0 Å². The third kappa shape index (κ3) is 4.86. The molecule has 5 nitrogen and oxygen atoms in total. The van der Waals surface area contributed by atoms with E-state index in [1.807, 2.05) is 11.9 Å². The van der Waals surface area contributed by atoms with Gasteiger partial charge in [-0.05, 0) is 19.1 Å². The molecule has 0 aliphatic carbocycles. The second-order valence-corrected chi connectivity index (χ2v) is 6.98. The van der Waals surface area contributed by atoms with Crippen LogP contribution in [0.5, 0.6) is 0 Å². The fraction of sp³-hybridized carbons (Fsp3) is 0.692. The molecular weight excluding hydrogens is 292 g/mol. The fourth-order valence-electron chi connectivity index (χ4n) is 1.66. The van der Waals surface area contributed by atoms with Crippen LogP contribution >= 0.6 is 23.1 Å². The van der Waals surface area contributed by atoms with Crippen LogP contribution in [0.1, 0.15) is 36.4 Å². The van der Waals surface area contributed by atoms with Crippen molar-refractivity contribution in [1.29, 1.82) is 0 Å². The van der Waals surface area contributed by atoms with Crippen LogP contribution in [-0.4, -0.2) is 42.5 Å². The van der Waals surface area contributed by atoms with Gasteiger partial charge in [-0.15, -0.1) is 0 Å². The van der Waals surface area contributed by atoms with E-state index < -0.39 is 0 Å². The SMILES string of the molecule is CCCN(C)c1nc(N)c(C(=O)NCCC(C)SC)s1. The Balaban J connectivity index is 2.60. The number of rotatable bonds is 8. The molecule has 0 spiro atoms. The highest BCUT2D eigenvalue weighted by atomic mass is 32.2. The highest BCUT2D eigenvalue weighted by Crippen LogP contribution is 2.27. The normalized spacial score (nSPS) is 12.2. The lowest BCUT2D eigenvalue weighted by Crippen LogP contribution is -2.25. The molecule has 0 fully saturated rings. The van der Waals surface area contributed by atoms with Gasteiger partial charge in [-0.2, -0.15) is 11.8 Å². The van der Waals surface area contributed by atoms with Crippen molar-refractivity contribution in [2.45, 2.75) is 31.9 Å². The Morgan fingerprint density at radius 1 is 1.60 bits per heavy atom. The van der Waals surface area contributed by atoms with Crippen LogP contribution in [0.25, 0.3) is 0 Å². The Bertz CT molecular complexity index is 436. The van der Waals surface area contributed by atoms with E-state index >= 15 is 0 Å². The number of thioether (sulfide) groups is 1. The minimum atomic E-state index is -0.121. The van der Waals surface area contributed by atoms with Gasteiger partial charge in [-0.25, -0.2) is 4.98 Å². The van der Waals surface area contributed by atoms with E-state index in [2.05, 4.69) is 30.4 Å². The van der Waals surface area contributed by atoms with Gasteiger partial charge in [-0.1, -0.05) is 25.2 Å². The number of nitrogens with two attached hydrogens (primary N) is 1. The van der Waals surface area contributed by atoms with E-state index in [4.69, 9.17) is 5.73 Å². The average molecular weight is 316 g/mol. The highest BCUT2D eigenvalue weighted by Gasteiger charge is 2.17. The Kier molecular flexibility index (Phi) is 7.15. The van der Waals surface area contributed by atoms with Crippen molar-refractivity contribution in [2.24, 2.45) is 0 Å². The maximum absolute atomic E-state index is 12.1. The zero-order chi connectivity index (χ0) is 15.1. The fourth-order valence-corrected chi connectivity index (χ4v) is 2.91. The van der Waals surface area contributed by atoms with Gasteiger partial charge in [0.25, 0.3) is 5.91 Å². The number of thiazole rings is 1. The van der Waals surface area contributed by atoms with Crippen molar-refractivity contribution in [3.63, 3.8) is 0 Å². The molecule has 1 amide bonds. The van der Waals surface area contributed by atoms with Gasteiger partial charge in [0, 0.05) is 25.4 Å². The minimum absolute atomic E-state index is 0.121. The van der Waals surface area contributed by atoms with Gasteiger partial charge in [0.05, 0.1) is 0 Å². The average Bonchev–Trinajstić information content (AvgIpc) is 2.81. The van der Waals surface area contributed by atoms with Crippen molar-refractivity contribution in [1.82, 2.24) is 10.3 Å². The molecular formula is C13H24N4OS2. The number of nitrogen functional groups attached to an aromatic ring is 1. The molecule has 0 aliphatic rings. The first kappa shape index (κ1) is 17.1. The zero-order valence-electron chi connectivity index (χ0n) is 12.6. The summed E-state index contributed by atoms with van der Waals surface area (Å²) in [7, 11) is 1.96. The summed E-state index contributed by atoms with van der Waals surface area (Å²) in [4.78, 5) is 18.9. The number of carbonyl (C=O) groups excluding carboxylic acids is 1. The molecule has 0 saturated heterocycles. The molecule has 1 aromatic heterocycles. The van der Waals surface area contributed by atoms with Crippen LogP contribution < -0.4 is 16.0 Å². The summed E-state index contributed by atoms with van der Waals surface area (Å²) < 4.78 is 0. The quantitative estimate of drug-likeness (QED) is 0.771. The molecule has 1 atom stereocenters. The first-order valence-electron chi connectivity index (χ1n) is 6.78. The summed E-state index contributed by atoms with van der Waals surface area (Å²) in [6, 6.07) is 0. The predicted molar refractivity (Wildman–Crippen MR) is 90.0 cm³/mol. The molecule has 1 aromatic rings.